The van der Waals surface area contributed by atoms with Gasteiger partial charge in [-0.25, -0.2) is 4.68 Å². The van der Waals surface area contributed by atoms with Crippen molar-refractivity contribution in [1.29, 1.82) is 0 Å². The number of para-hydroxylation sites is 1. The molecule has 0 fully saturated rings. The van der Waals surface area contributed by atoms with Crippen molar-refractivity contribution in [3.63, 3.8) is 0 Å². The van der Waals surface area contributed by atoms with Gasteiger partial charge in [-0.15, -0.1) is 11.3 Å². The third-order valence-corrected chi connectivity index (χ3v) is 4.75. The molecule has 25 heavy (non-hydrogen) atoms. The number of carbonyl (C=O) groups is 1. The number of amides is 1. The fourth-order valence-electron chi connectivity index (χ4n) is 2.59. The number of aromatic nitrogens is 2. The maximum atomic E-state index is 12.7. The second-order valence-corrected chi connectivity index (χ2v) is 7.16. The Morgan fingerprint density at radius 2 is 2.00 bits per heavy atom. The molecule has 0 bridgehead atoms. The molecular formula is C19H23N4OS+. The molecule has 130 valence electrons. The summed E-state index contributed by atoms with van der Waals surface area (Å²) >= 11 is 1.59. The van der Waals surface area contributed by atoms with Crippen molar-refractivity contribution in [2.45, 2.75) is 6.42 Å². The largest absolute Gasteiger partial charge is 0.352 e. The molecule has 1 aromatic carbocycles. The van der Waals surface area contributed by atoms with Crippen LogP contribution in [-0.2, 0) is 0 Å². The van der Waals surface area contributed by atoms with E-state index in [1.165, 1.54) is 4.90 Å². The van der Waals surface area contributed by atoms with Crippen LogP contribution >= 0.6 is 11.3 Å². The molecule has 0 radical (unpaired) electrons. The molecular weight excluding hydrogens is 332 g/mol. The Kier molecular flexibility index (Phi) is 5.63. The second-order valence-electron chi connectivity index (χ2n) is 6.22. The van der Waals surface area contributed by atoms with E-state index in [0.717, 1.165) is 29.2 Å². The van der Waals surface area contributed by atoms with Crippen molar-refractivity contribution in [2.24, 2.45) is 0 Å². The predicted octanol–water partition coefficient (Wildman–Crippen LogP) is 1.87. The zero-order chi connectivity index (χ0) is 17.6. The minimum Gasteiger partial charge on any atom is -0.352 e. The number of quaternary nitrogens is 1. The van der Waals surface area contributed by atoms with Crippen LogP contribution < -0.4 is 10.2 Å². The molecule has 3 aromatic rings. The van der Waals surface area contributed by atoms with Crippen LogP contribution in [0.3, 0.4) is 0 Å². The van der Waals surface area contributed by atoms with E-state index < -0.39 is 0 Å². The van der Waals surface area contributed by atoms with Gasteiger partial charge in [0.2, 0.25) is 0 Å². The normalized spacial score (nSPS) is 11.0. The lowest BCUT2D eigenvalue weighted by Crippen LogP contribution is -3.05. The molecule has 0 aliphatic rings. The summed E-state index contributed by atoms with van der Waals surface area (Å²) in [6.45, 7) is 1.70. The average Bonchev–Trinajstić information content (AvgIpc) is 3.28. The Labute approximate surface area is 151 Å². The first-order valence-corrected chi connectivity index (χ1v) is 9.29. The number of carbonyl (C=O) groups excluding carboxylic acids is 1. The lowest BCUT2D eigenvalue weighted by molar-refractivity contribution is -0.858. The number of nitrogens with zero attached hydrogens (tertiary/aromatic N) is 2. The molecule has 0 spiro atoms. The van der Waals surface area contributed by atoms with Gasteiger partial charge in [0.05, 0.1) is 36.8 Å². The van der Waals surface area contributed by atoms with Gasteiger partial charge in [-0.05, 0) is 23.6 Å². The molecule has 6 heteroatoms. The Bertz CT molecular complexity index is 809. The Morgan fingerprint density at radius 1 is 1.20 bits per heavy atom. The molecule has 0 aliphatic carbocycles. The Balaban J connectivity index is 1.84. The van der Waals surface area contributed by atoms with E-state index in [1.54, 1.807) is 16.0 Å². The highest BCUT2D eigenvalue weighted by Gasteiger charge is 2.19. The topological polar surface area (TPSA) is 51.4 Å². The second kappa shape index (κ2) is 8.09. The monoisotopic (exact) mass is 355 g/mol. The maximum absolute atomic E-state index is 12.7. The van der Waals surface area contributed by atoms with Gasteiger partial charge in [0, 0.05) is 19.2 Å². The minimum atomic E-state index is -0.0701. The van der Waals surface area contributed by atoms with Crippen LogP contribution in [0.25, 0.3) is 16.3 Å². The number of benzene rings is 1. The molecule has 0 atom stereocenters. The van der Waals surface area contributed by atoms with Crippen molar-refractivity contribution >= 4 is 17.2 Å². The Morgan fingerprint density at radius 3 is 2.68 bits per heavy atom. The van der Waals surface area contributed by atoms with E-state index in [0.29, 0.717) is 12.1 Å². The number of rotatable bonds is 7. The predicted molar refractivity (Wildman–Crippen MR) is 102 cm³/mol. The quantitative estimate of drug-likeness (QED) is 0.636. The zero-order valence-corrected chi connectivity index (χ0v) is 15.3. The molecule has 0 saturated heterocycles. The SMILES string of the molecule is C[NH+](C)CCCNC(=O)c1cn(-c2ccccc2)nc1-c1cccs1. The van der Waals surface area contributed by atoms with Gasteiger partial charge >= 0.3 is 0 Å². The summed E-state index contributed by atoms with van der Waals surface area (Å²) in [7, 11) is 4.22. The summed E-state index contributed by atoms with van der Waals surface area (Å²) in [5.74, 6) is -0.0701. The smallest absolute Gasteiger partial charge is 0.255 e. The maximum Gasteiger partial charge on any atom is 0.255 e. The average molecular weight is 355 g/mol. The summed E-state index contributed by atoms with van der Waals surface area (Å²) in [4.78, 5) is 15.1. The van der Waals surface area contributed by atoms with E-state index >= 15 is 0 Å². The van der Waals surface area contributed by atoms with Crippen LogP contribution in [0.1, 0.15) is 16.8 Å². The molecule has 2 aromatic heterocycles. The number of nitrogens with one attached hydrogen (secondary N) is 2. The van der Waals surface area contributed by atoms with Gasteiger partial charge < -0.3 is 10.2 Å². The van der Waals surface area contributed by atoms with Gasteiger partial charge in [-0.1, -0.05) is 24.3 Å². The van der Waals surface area contributed by atoms with Gasteiger partial charge in [0.15, 0.2) is 0 Å². The van der Waals surface area contributed by atoms with E-state index in [4.69, 9.17) is 0 Å². The van der Waals surface area contributed by atoms with Crippen molar-refractivity contribution in [3.05, 3.63) is 59.6 Å². The highest BCUT2D eigenvalue weighted by atomic mass is 32.1. The van der Waals surface area contributed by atoms with Crippen LogP contribution in [0, 0.1) is 0 Å². The van der Waals surface area contributed by atoms with Gasteiger partial charge in [0.25, 0.3) is 5.91 Å². The van der Waals surface area contributed by atoms with Crippen LogP contribution in [-0.4, -0.2) is 42.9 Å². The fraction of sp³-hybridized carbons (Fsp3) is 0.263. The first-order valence-electron chi connectivity index (χ1n) is 8.41. The van der Waals surface area contributed by atoms with Crippen molar-refractivity contribution in [2.75, 3.05) is 27.2 Å². The fourth-order valence-corrected chi connectivity index (χ4v) is 3.31. The standard InChI is InChI=1S/C19H22N4OS/c1-22(2)12-7-11-20-19(24)16-14-23(15-8-4-3-5-9-15)21-18(16)17-10-6-13-25-17/h3-6,8-10,13-14H,7,11-12H2,1-2H3,(H,20,24)/p+1. The highest BCUT2D eigenvalue weighted by molar-refractivity contribution is 7.13. The van der Waals surface area contributed by atoms with E-state index in [-0.39, 0.29) is 5.91 Å². The van der Waals surface area contributed by atoms with Crippen LogP contribution in [0.5, 0.6) is 0 Å². The molecule has 0 unspecified atom stereocenters. The van der Waals surface area contributed by atoms with E-state index in [2.05, 4.69) is 24.5 Å². The first-order chi connectivity index (χ1) is 12.1. The van der Waals surface area contributed by atoms with E-state index in [9.17, 15) is 4.79 Å². The lowest BCUT2D eigenvalue weighted by atomic mass is 10.2. The highest BCUT2D eigenvalue weighted by Crippen LogP contribution is 2.27. The summed E-state index contributed by atoms with van der Waals surface area (Å²) in [6.07, 6.45) is 2.77. The molecule has 2 N–H and O–H groups in total. The molecule has 2 heterocycles. The summed E-state index contributed by atoms with van der Waals surface area (Å²) in [6, 6.07) is 13.8. The molecule has 5 nitrogen and oxygen atoms in total. The number of hydrogen-bond acceptors (Lipinski definition) is 3. The molecule has 3 rings (SSSR count). The van der Waals surface area contributed by atoms with Crippen LogP contribution in [0.2, 0.25) is 0 Å². The van der Waals surface area contributed by atoms with Crippen molar-refractivity contribution in [1.82, 2.24) is 15.1 Å². The van der Waals surface area contributed by atoms with Gasteiger partial charge in [0.1, 0.15) is 5.69 Å². The molecule has 0 saturated carbocycles. The lowest BCUT2D eigenvalue weighted by Gasteiger charge is -2.07. The number of hydrogen-bond donors (Lipinski definition) is 2. The third kappa shape index (κ3) is 4.35. The first kappa shape index (κ1) is 17.4. The van der Waals surface area contributed by atoms with Crippen molar-refractivity contribution < 1.29 is 9.69 Å². The molecule has 0 aliphatic heterocycles. The third-order valence-electron chi connectivity index (χ3n) is 3.87. The Hall–Kier alpha value is -2.44. The summed E-state index contributed by atoms with van der Waals surface area (Å²) in [5, 5.41) is 9.68. The van der Waals surface area contributed by atoms with Crippen LogP contribution in [0.4, 0.5) is 0 Å². The van der Waals surface area contributed by atoms with Gasteiger partial charge in [-0.3, -0.25) is 4.79 Å². The molecule has 1 amide bonds. The summed E-state index contributed by atoms with van der Waals surface area (Å²) in [5.41, 5.74) is 2.29. The van der Waals surface area contributed by atoms with E-state index in [1.807, 2.05) is 54.0 Å². The number of thiophene rings is 1. The van der Waals surface area contributed by atoms with Crippen molar-refractivity contribution in [3.8, 4) is 16.3 Å². The van der Waals surface area contributed by atoms with Crippen LogP contribution in [0.15, 0.2) is 54.0 Å². The zero-order valence-electron chi connectivity index (χ0n) is 14.5. The minimum absolute atomic E-state index is 0.0701. The van der Waals surface area contributed by atoms with Gasteiger partial charge in [-0.2, -0.15) is 5.10 Å². The summed E-state index contributed by atoms with van der Waals surface area (Å²) < 4.78 is 1.77.